The van der Waals surface area contributed by atoms with Gasteiger partial charge in [-0.2, -0.15) is 0 Å². The van der Waals surface area contributed by atoms with E-state index in [1.165, 1.54) is 19.3 Å². The van der Waals surface area contributed by atoms with Crippen LogP contribution in [0.1, 0.15) is 37.7 Å². The van der Waals surface area contributed by atoms with Crippen LogP contribution in [0, 0.1) is 0 Å². The van der Waals surface area contributed by atoms with Crippen LogP contribution in [0.25, 0.3) is 6.08 Å². The van der Waals surface area contributed by atoms with Crippen LogP contribution in [-0.4, -0.2) is 22.0 Å². The highest BCUT2D eigenvalue weighted by molar-refractivity contribution is 7.80. The molecule has 2 aliphatic rings. The zero-order valence-electron chi connectivity index (χ0n) is 11.6. The average Bonchev–Trinajstić information content (AvgIpc) is 2.74. The van der Waals surface area contributed by atoms with E-state index in [0.29, 0.717) is 15.8 Å². The van der Waals surface area contributed by atoms with E-state index in [1.807, 2.05) is 30.3 Å². The molecule has 0 atom stereocenters. The topological polar surface area (TPSA) is 32.3 Å². The fourth-order valence-electron chi connectivity index (χ4n) is 2.98. The van der Waals surface area contributed by atoms with Crippen LogP contribution in [0.15, 0.2) is 30.0 Å². The average molecular weight is 321 g/mol. The molecule has 2 fully saturated rings. The number of carbonyl (C=O) groups is 1. The molecule has 1 heterocycles. The van der Waals surface area contributed by atoms with Crippen molar-refractivity contribution < 1.29 is 4.79 Å². The zero-order valence-corrected chi connectivity index (χ0v) is 13.2. The quantitative estimate of drug-likeness (QED) is 0.665. The van der Waals surface area contributed by atoms with Gasteiger partial charge in [-0.3, -0.25) is 9.69 Å². The number of halogens is 1. The molecule has 3 nitrogen and oxygen atoms in total. The maximum absolute atomic E-state index is 12.6. The normalized spacial score (nSPS) is 22.0. The second kappa shape index (κ2) is 6.16. The lowest BCUT2D eigenvalue weighted by Crippen LogP contribution is -2.41. The summed E-state index contributed by atoms with van der Waals surface area (Å²) in [5.41, 5.74) is 1.43. The van der Waals surface area contributed by atoms with Crippen LogP contribution in [0.3, 0.4) is 0 Å². The van der Waals surface area contributed by atoms with Crippen molar-refractivity contribution in [1.82, 2.24) is 10.2 Å². The predicted octanol–water partition coefficient (Wildman–Crippen LogP) is 3.73. The lowest BCUT2D eigenvalue weighted by atomic mass is 9.94. The monoisotopic (exact) mass is 320 g/mol. The highest BCUT2D eigenvalue weighted by Gasteiger charge is 2.36. The van der Waals surface area contributed by atoms with Crippen molar-refractivity contribution in [3.8, 4) is 0 Å². The summed E-state index contributed by atoms with van der Waals surface area (Å²) < 4.78 is 0. The second-order valence-electron chi connectivity index (χ2n) is 5.51. The molecule has 1 aromatic rings. The number of hydrogen-bond acceptors (Lipinski definition) is 2. The molecule has 3 rings (SSSR count). The molecule has 0 spiro atoms. The summed E-state index contributed by atoms with van der Waals surface area (Å²) in [6.45, 7) is 0. The van der Waals surface area contributed by atoms with Crippen molar-refractivity contribution in [3.63, 3.8) is 0 Å². The minimum absolute atomic E-state index is 0.0214. The van der Waals surface area contributed by atoms with Crippen molar-refractivity contribution in [3.05, 3.63) is 40.5 Å². The first-order valence-electron chi connectivity index (χ1n) is 7.27. The fraction of sp³-hybridized carbons (Fsp3) is 0.375. The Balaban J connectivity index is 1.82. The molecule has 21 heavy (non-hydrogen) atoms. The van der Waals surface area contributed by atoms with E-state index < -0.39 is 0 Å². The van der Waals surface area contributed by atoms with Gasteiger partial charge in [0.2, 0.25) is 0 Å². The second-order valence-corrected chi connectivity index (χ2v) is 6.33. The highest BCUT2D eigenvalue weighted by Crippen LogP contribution is 2.27. The maximum Gasteiger partial charge on any atom is 0.276 e. The van der Waals surface area contributed by atoms with Gasteiger partial charge >= 0.3 is 0 Å². The van der Waals surface area contributed by atoms with E-state index in [0.717, 1.165) is 18.4 Å². The molecule has 110 valence electrons. The van der Waals surface area contributed by atoms with Gasteiger partial charge in [-0.1, -0.05) is 43.0 Å². The van der Waals surface area contributed by atoms with Crippen LogP contribution in [-0.2, 0) is 4.79 Å². The third-order valence-corrected chi connectivity index (χ3v) is 4.54. The van der Waals surface area contributed by atoms with E-state index in [-0.39, 0.29) is 11.9 Å². The van der Waals surface area contributed by atoms with E-state index in [1.54, 1.807) is 4.90 Å². The zero-order chi connectivity index (χ0) is 14.8. The first-order chi connectivity index (χ1) is 10.1. The Morgan fingerprint density at radius 3 is 2.76 bits per heavy atom. The van der Waals surface area contributed by atoms with Gasteiger partial charge in [0, 0.05) is 11.1 Å². The Labute approximate surface area is 135 Å². The summed E-state index contributed by atoms with van der Waals surface area (Å²) in [6.07, 6.45) is 7.48. The number of nitrogens with one attached hydrogen (secondary N) is 1. The van der Waals surface area contributed by atoms with Crippen molar-refractivity contribution in [2.24, 2.45) is 0 Å². The van der Waals surface area contributed by atoms with E-state index >= 15 is 0 Å². The molecule has 1 saturated heterocycles. The summed E-state index contributed by atoms with van der Waals surface area (Å²) in [4.78, 5) is 14.3. The molecule has 1 saturated carbocycles. The lowest BCUT2D eigenvalue weighted by Gasteiger charge is -2.29. The van der Waals surface area contributed by atoms with Gasteiger partial charge in [0.05, 0.1) is 0 Å². The van der Waals surface area contributed by atoms with E-state index in [9.17, 15) is 4.79 Å². The standard InChI is InChI=1S/C16H17ClN2OS/c17-12-6-4-5-11(9-12)10-14-15(20)19(16(21)18-14)13-7-2-1-3-8-13/h4-6,9-10,13H,1-3,7-8H2,(H,18,21)/b14-10-. The van der Waals surface area contributed by atoms with Crippen molar-refractivity contribution in [2.75, 3.05) is 0 Å². The molecule has 1 N–H and O–H groups in total. The van der Waals surface area contributed by atoms with Gasteiger partial charge in [-0.25, -0.2) is 0 Å². The van der Waals surface area contributed by atoms with Crippen molar-refractivity contribution >= 4 is 40.9 Å². The fourth-order valence-corrected chi connectivity index (χ4v) is 3.52. The Kier molecular flexibility index (Phi) is 4.27. The molecule has 0 radical (unpaired) electrons. The highest BCUT2D eigenvalue weighted by atomic mass is 35.5. The van der Waals surface area contributed by atoms with E-state index in [2.05, 4.69) is 5.32 Å². The molecule has 0 bridgehead atoms. The maximum atomic E-state index is 12.6. The van der Waals surface area contributed by atoms with Crippen LogP contribution < -0.4 is 5.32 Å². The SMILES string of the molecule is O=C1/C(=C/c2cccc(Cl)c2)NC(=S)N1C1CCCCC1. The van der Waals surface area contributed by atoms with Gasteiger partial charge in [0.15, 0.2) is 5.11 Å². The molecular formula is C16H17ClN2OS. The van der Waals surface area contributed by atoms with Crippen molar-refractivity contribution in [2.45, 2.75) is 38.1 Å². The third-order valence-electron chi connectivity index (χ3n) is 4.01. The smallest absolute Gasteiger partial charge is 0.276 e. The van der Waals surface area contributed by atoms with Crippen molar-refractivity contribution in [1.29, 1.82) is 0 Å². The van der Waals surface area contributed by atoms with Gasteiger partial charge < -0.3 is 5.32 Å². The minimum Gasteiger partial charge on any atom is -0.328 e. The first-order valence-corrected chi connectivity index (χ1v) is 8.05. The molecule has 0 unspecified atom stereocenters. The number of thiocarbonyl (C=S) groups is 1. The van der Waals surface area contributed by atoms with Gasteiger partial charge in [0.25, 0.3) is 5.91 Å². The lowest BCUT2D eigenvalue weighted by molar-refractivity contribution is -0.124. The number of nitrogens with zero attached hydrogens (tertiary/aromatic N) is 1. The Bertz CT molecular complexity index is 608. The van der Waals surface area contributed by atoms with Gasteiger partial charge in [-0.05, 0) is 48.8 Å². The molecular weight excluding hydrogens is 304 g/mol. The van der Waals surface area contributed by atoms with Crippen LogP contribution in [0.4, 0.5) is 0 Å². The summed E-state index contributed by atoms with van der Waals surface area (Å²) in [5, 5.41) is 4.23. The van der Waals surface area contributed by atoms with E-state index in [4.69, 9.17) is 23.8 Å². The predicted molar refractivity (Wildman–Crippen MR) is 88.9 cm³/mol. The number of amides is 1. The summed E-state index contributed by atoms with van der Waals surface area (Å²) >= 11 is 11.3. The summed E-state index contributed by atoms with van der Waals surface area (Å²) in [5.74, 6) is -0.0214. The minimum atomic E-state index is -0.0214. The third kappa shape index (κ3) is 3.11. The molecule has 1 aliphatic heterocycles. The largest absolute Gasteiger partial charge is 0.328 e. The number of rotatable bonds is 2. The number of hydrogen-bond donors (Lipinski definition) is 1. The Hall–Kier alpha value is -1.39. The molecule has 5 heteroatoms. The molecule has 0 aromatic heterocycles. The molecule has 1 aromatic carbocycles. The first kappa shape index (κ1) is 14.5. The van der Waals surface area contributed by atoms with Gasteiger partial charge in [-0.15, -0.1) is 0 Å². The Morgan fingerprint density at radius 2 is 2.05 bits per heavy atom. The number of benzene rings is 1. The van der Waals surface area contributed by atoms with Crippen LogP contribution in [0.5, 0.6) is 0 Å². The molecule has 1 amide bonds. The number of carbonyl (C=O) groups excluding carboxylic acids is 1. The molecule has 1 aliphatic carbocycles. The van der Waals surface area contributed by atoms with Crippen LogP contribution in [0.2, 0.25) is 5.02 Å². The summed E-state index contributed by atoms with van der Waals surface area (Å²) in [6, 6.07) is 7.67. The summed E-state index contributed by atoms with van der Waals surface area (Å²) in [7, 11) is 0. The van der Waals surface area contributed by atoms with Crippen LogP contribution >= 0.6 is 23.8 Å². The Morgan fingerprint density at radius 1 is 1.29 bits per heavy atom. The van der Waals surface area contributed by atoms with Gasteiger partial charge in [0.1, 0.15) is 5.70 Å².